The summed E-state index contributed by atoms with van der Waals surface area (Å²) in [6.07, 6.45) is 1.40. The van der Waals surface area contributed by atoms with E-state index in [1.54, 1.807) is 19.1 Å². The molecule has 0 unspecified atom stereocenters. The van der Waals surface area contributed by atoms with Crippen molar-refractivity contribution in [3.8, 4) is 0 Å². The van der Waals surface area contributed by atoms with Gasteiger partial charge in [-0.25, -0.2) is 4.39 Å². The van der Waals surface area contributed by atoms with Crippen molar-refractivity contribution in [2.45, 2.75) is 13.5 Å². The van der Waals surface area contributed by atoms with Gasteiger partial charge in [0.25, 0.3) is 16.8 Å². The third-order valence-electron chi connectivity index (χ3n) is 3.98. The first kappa shape index (κ1) is 19.1. The largest absolute Gasteiger partial charge is 0.293 e. The summed E-state index contributed by atoms with van der Waals surface area (Å²) in [7, 11) is 0. The highest BCUT2D eigenvalue weighted by atomic mass is 35.5. The first-order chi connectivity index (χ1) is 12.8. The fourth-order valence-electron chi connectivity index (χ4n) is 2.54. The predicted molar refractivity (Wildman–Crippen MR) is 101 cm³/mol. The van der Waals surface area contributed by atoms with Crippen LogP contribution in [-0.2, 0) is 11.3 Å². The van der Waals surface area contributed by atoms with Crippen molar-refractivity contribution >= 4 is 46.3 Å². The Kier molecular flexibility index (Phi) is 5.29. The molecule has 3 rings (SSSR count). The monoisotopic (exact) mass is 406 g/mol. The second-order valence-electron chi connectivity index (χ2n) is 5.77. The third-order valence-corrected chi connectivity index (χ3v) is 5.24. The number of hydrogen-bond acceptors (Lipinski definition) is 5. The second-order valence-corrected chi connectivity index (χ2v) is 7.17. The average Bonchev–Trinajstić information content (AvgIpc) is 2.86. The van der Waals surface area contributed by atoms with Crippen LogP contribution in [0.15, 0.2) is 41.3 Å². The number of hydrogen-bond donors (Lipinski definition) is 0. The van der Waals surface area contributed by atoms with Crippen LogP contribution in [0, 0.1) is 22.9 Å². The molecule has 0 radical (unpaired) electrons. The minimum absolute atomic E-state index is 0.0497. The molecule has 6 nitrogen and oxygen atoms in total. The van der Waals surface area contributed by atoms with Crippen LogP contribution in [-0.4, -0.2) is 21.0 Å². The number of benzene rings is 2. The highest BCUT2D eigenvalue weighted by Gasteiger charge is 2.36. The van der Waals surface area contributed by atoms with E-state index in [2.05, 4.69) is 0 Å². The molecule has 1 saturated heterocycles. The minimum Gasteiger partial charge on any atom is -0.268 e. The van der Waals surface area contributed by atoms with Crippen molar-refractivity contribution in [2.75, 3.05) is 0 Å². The lowest BCUT2D eigenvalue weighted by molar-refractivity contribution is -0.385. The maximum absolute atomic E-state index is 13.9. The Morgan fingerprint density at radius 1 is 1.30 bits per heavy atom. The van der Waals surface area contributed by atoms with E-state index in [0.29, 0.717) is 22.9 Å². The van der Waals surface area contributed by atoms with E-state index in [0.717, 1.165) is 4.90 Å². The standard InChI is InChI=1S/C18H12ClFN2O4S/c1-10-5-6-11(7-15(10)22(25)26)8-16-17(23)21(18(24)27-16)9-12-13(19)3-2-4-14(12)20/h2-8H,9H2,1H3/b16-8-. The molecular formula is C18H12ClFN2O4S. The third kappa shape index (κ3) is 3.86. The summed E-state index contributed by atoms with van der Waals surface area (Å²) in [5.74, 6) is -1.22. The highest BCUT2D eigenvalue weighted by Crippen LogP contribution is 2.35. The number of thioether (sulfide) groups is 1. The van der Waals surface area contributed by atoms with Gasteiger partial charge in [-0.2, -0.15) is 0 Å². The molecule has 0 atom stereocenters. The zero-order chi connectivity index (χ0) is 19.7. The van der Waals surface area contributed by atoms with E-state index in [1.165, 1.54) is 30.3 Å². The van der Waals surface area contributed by atoms with E-state index in [4.69, 9.17) is 11.6 Å². The van der Waals surface area contributed by atoms with Crippen LogP contribution in [0.1, 0.15) is 16.7 Å². The Hall–Kier alpha value is -2.71. The minimum atomic E-state index is -0.611. The Bertz CT molecular complexity index is 989. The summed E-state index contributed by atoms with van der Waals surface area (Å²) in [5, 5.41) is 10.6. The van der Waals surface area contributed by atoms with E-state index in [-0.39, 0.29) is 27.7 Å². The molecule has 27 heavy (non-hydrogen) atoms. The van der Waals surface area contributed by atoms with Crippen molar-refractivity contribution in [3.63, 3.8) is 0 Å². The van der Waals surface area contributed by atoms with Crippen LogP contribution < -0.4 is 0 Å². The van der Waals surface area contributed by atoms with Crippen molar-refractivity contribution < 1.29 is 18.9 Å². The Balaban J connectivity index is 1.89. The number of halogens is 2. The van der Waals surface area contributed by atoms with Gasteiger partial charge < -0.3 is 0 Å². The van der Waals surface area contributed by atoms with E-state index in [9.17, 15) is 24.1 Å². The van der Waals surface area contributed by atoms with Gasteiger partial charge in [-0.1, -0.05) is 29.8 Å². The summed E-state index contributed by atoms with van der Waals surface area (Å²) < 4.78 is 13.9. The maximum atomic E-state index is 13.9. The summed E-state index contributed by atoms with van der Waals surface area (Å²) in [6, 6.07) is 8.61. The van der Waals surface area contributed by atoms with Crippen molar-refractivity contribution in [1.82, 2.24) is 4.90 Å². The van der Waals surface area contributed by atoms with Crippen molar-refractivity contribution in [3.05, 3.63) is 78.9 Å². The molecule has 0 spiro atoms. The fourth-order valence-corrected chi connectivity index (χ4v) is 3.60. The molecule has 0 saturated carbocycles. The van der Waals surface area contributed by atoms with E-state index < -0.39 is 21.9 Å². The first-order valence-electron chi connectivity index (χ1n) is 7.71. The lowest BCUT2D eigenvalue weighted by atomic mass is 10.1. The topological polar surface area (TPSA) is 80.5 Å². The summed E-state index contributed by atoms with van der Waals surface area (Å²) in [4.78, 5) is 36.3. The molecule has 0 N–H and O–H groups in total. The normalized spacial score (nSPS) is 15.7. The van der Waals surface area contributed by atoms with Gasteiger partial charge in [0.2, 0.25) is 0 Å². The Morgan fingerprint density at radius 3 is 2.70 bits per heavy atom. The molecule has 0 aromatic heterocycles. The molecule has 9 heteroatoms. The van der Waals surface area contributed by atoms with Gasteiger partial charge in [-0.3, -0.25) is 24.6 Å². The smallest absolute Gasteiger partial charge is 0.268 e. The molecular weight excluding hydrogens is 395 g/mol. The molecule has 2 amide bonds. The number of carbonyl (C=O) groups is 2. The van der Waals surface area contributed by atoms with Crippen LogP contribution in [0.25, 0.3) is 6.08 Å². The summed E-state index contributed by atoms with van der Waals surface area (Å²) in [6.45, 7) is 1.31. The van der Waals surface area contributed by atoms with Crippen LogP contribution in [0.4, 0.5) is 14.9 Å². The van der Waals surface area contributed by atoms with Gasteiger partial charge in [0.1, 0.15) is 5.82 Å². The predicted octanol–water partition coefficient (Wildman–Crippen LogP) is 4.93. The maximum Gasteiger partial charge on any atom is 0.293 e. The lowest BCUT2D eigenvalue weighted by Gasteiger charge is -2.14. The van der Waals surface area contributed by atoms with Crippen LogP contribution in [0.2, 0.25) is 5.02 Å². The summed E-state index contributed by atoms with van der Waals surface area (Å²) >= 11 is 6.65. The number of nitrogens with zero attached hydrogens (tertiary/aromatic N) is 2. The molecule has 2 aromatic rings. The zero-order valence-electron chi connectivity index (χ0n) is 13.9. The highest BCUT2D eigenvalue weighted by molar-refractivity contribution is 8.18. The second kappa shape index (κ2) is 7.50. The molecule has 1 heterocycles. The van der Waals surface area contributed by atoms with Crippen LogP contribution >= 0.6 is 23.4 Å². The number of amides is 2. The number of carbonyl (C=O) groups excluding carboxylic acids is 2. The van der Waals surface area contributed by atoms with Gasteiger partial charge in [-0.05, 0) is 42.5 Å². The molecule has 1 aliphatic rings. The number of nitro benzene ring substituents is 1. The fraction of sp³-hybridized carbons (Fsp3) is 0.111. The molecule has 138 valence electrons. The van der Waals surface area contributed by atoms with Gasteiger partial charge >= 0.3 is 0 Å². The number of aryl methyl sites for hydroxylation is 1. The number of rotatable bonds is 4. The quantitative estimate of drug-likeness (QED) is 0.408. The Morgan fingerprint density at radius 2 is 2.04 bits per heavy atom. The molecule has 1 fully saturated rings. The van der Waals surface area contributed by atoms with Gasteiger partial charge in [-0.15, -0.1) is 0 Å². The van der Waals surface area contributed by atoms with Crippen molar-refractivity contribution in [1.29, 1.82) is 0 Å². The van der Waals surface area contributed by atoms with Crippen molar-refractivity contribution in [2.24, 2.45) is 0 Å². The SMILES string of the molecule is Cc1ccc(/C=C2\SC(=O)N(Cc3c(F)cccc3Cl)C2=O)cc1[N+](=O)[O-]. The zero-order valence-corrected chi connectivity index (χ0v) is 15.5. The number of imide groups is 1. The van der Waals surface area contributed by atoms with Gasteiger partial charge in [0.15, 0.2) is 0 Å². The van der Waals surface area contributed by atoms with E-state index in [1.807, 2.05) is 0 Å². The van der Waals surface area contributed by atoms with Crippen LogP contribution in [0.3, 0.4) is 0 Å². The van der Waals surface area contributed by atoms with E-state index >= 15 is 0 Å². The number of nitro groups is 1. The molecule has 0 bridgehead atoms. The molecule has 0 aliphatic carbocycles. The first-order valence-corrected chi connectivity index (χ1v) is 8.90. The van der Waals surface area contributed by atoms with Crippen LogP contribution in [0.5, 0.6) is 0 Å². The molecule has 1 aliphatic heterocycles. The van der Waals surface area contributed by atoms with Gasteiger partial charge in [0, 0.05) is 22.2 Å². The summed E-state index contributed by atoms with van der Waals surface area (Å²) in [5.41, 5.74) is 0.871. The Labute approximate surface area is 162 Å². The molecule has 2 aromatic carbocycles. The lowest BCUT2D eigenvalue weighted by Crippen LogP contribution is -2.28. The van der Waals surface area contributed by atoms with Gasteiger partial charge in [0.05, 0.1) is 16.4 Å². The average molecular weight is 407 g/mol.